The third-order valence-corrected chi connectivity index (χ3v) is 7.95. The van der Waals surface area contributed by atoms with Crippen LogP contribution in [0.25, 0.3) is 0 Å². The molecule has 1 saturated carbocycles. The fourth-order valence-electron chi connectivity index (χ4n) is 5.65. The molecule has 0 bridgehead atoms. The third-order valence-electron chi connectivity index (χ3n) is 7.95. The number of methoxy groups -OCH3 is 1. The summed E-state index contributed by atoms with van der Waals surface area (Å²) in [6, 6.07) is 13.6. The number of hydrogen-bond acceptors (Lipinski definition) is 6. The Kier molecular flexibility index (Phi) is 7.27. The molecule has 6 nitrogen and oxygen atoms in total. The summed E-state index contributed by atoms with van der Waals surface area (Å²) in [7, 11) is 1.65. The molecule has 1 saturated heterocycles. The molecule has 1 aliphatic carbocycles. The summed E-state index contributed by atoms with van der Waals surface area (Å²) in [6.07, 6.45) is 0.860. The summed E-state index contributed by atoms with van der Waals surface area (Å²) < 4.78 is 50.1. The highest BCUT2D eigenvalue weighted by Gasteiger charge is 2.44. The number of halogens is 3. The molecule has 1 aliphatic heterocycles. The number of piperidine rings is 1. The molecule has 198 valence electrons. The fourth-order valence-corrected chi connectivity index (χ4v) is 5.65. The first-order chi connectivity index (χ1) is 17.8. The molecule has 3 aromatic rings. The Hall–Kier alpha value is -2.91. The van der Waals surface area contributed by atoms with Crippen molar-refractivity contribution in [1.82, 2.24) is 15.0 Å². The molecule has 2 heterocycles. The smallest absolute Gasteiger partial charge is 0.416 e. The number of alkyl halides is 3. The number of likely N-dealkylation sites (tertiary alicyclic amines) is 1. The van der Waals surface area contributed by atoms with Crippen molar-refractivity contribution in [3.8, 4) is 5.75 Å². The topological polar surface area (TPSA) is 77.4 Å². The zero-order valence-electron chi connectivity index (χ0n) is 21.0. The molecule has 1 unspecified atom stereocenters. The third kappa shape index (κ3) is 5.52. The van der Waals surface area contributed by atoms with Gasteiger partial charge >= 0.3 is 6.18 Å². The van der Waals surface area contributed by atoms with E-state index >= 15 is 0 Å². The van der Waals surface area contributed by atoms with Crippen LogP contribution in [-0.4, -0.2) is 47.8 Å². The van der Waals surface area contributed by atoms with Crippen molar-refractivity contribution >= 4 is 0 Å². The Bertz CT molecular complexity index is 1180. The van der Waals surface area contributed by atoms with E-state index in [1.54, 1.807) is 13.2 Å². The van der Waals surface area contributed by atoms with Crippen LogP contribution in [0.1, 0.15) is 66.4 Å². The van der Waals surface area contributed by atoms with Gasteiger partial charge in [0.1, 0.15) is 5.75 Å². The minimum atomic E-state index is -4.31. The van der Waals surface area contributed by atoms with Crippen LogP contribution in [0.2, 0.25) is 0 Å². The van der Waals surface area contributed by atoms with Gasteiger partial charge in [0.25, 0.3) is 0 Å². The Balaban J connectivity index is 1.15. The van der Waals surface area contributed by atoms with E-state index in [4.69, 9.17) is 20.0 Å². The first-order valence-electron chi connectivity index (χ1n) is 12.9. The summed E-state index contributed by atoms with van der Waals surface area (Å²) in [5.74, 6) is 2.20. The number of nitrogens with zero attached hydrogens (tertiary/aromatic N) is 3. The highest BCUT2D eigenvalue weighted by molar-refractivity contribution is 5.39. The molecular weight excluding hydrogens is 481 g/mol. The maximum absolute atomic E-state index is 13.1. The number of aromatic nitrogens is 2. The van der Waals surface area contributed by atoms with Gasteiger partial charge in [0.05, 0.1) is 18.1 Å². The number of hydrogen-bond donors (Lipinski definition) is 1. The summed E-state index contributed by atoms with van der Waals surface area (Å²) >= 11 is 0. The number of ether oxygens (including phenoxy) is 1. The van der Waals surface area contributed by atoms with Crippen LogP contribution in [0.5, 0.6) is 5.75 Å². The molecule has 2 fully saturated rings. The lowest BCUT2D eigenvalue weighted by Crippen LogP contribution is -2.42. The van der Waals surface area contributed by atoms with Crippen molar-refractivity contribution in [3.63, 3.8) is 0 Å². The van der Waals surface area contributed by atoms with Crippen LogP contribution in [0.15, 0.2) is 53.1 Å². The van der Waals surface area contributed by atoms with Crippen LogP contribution in [-0.2, 0) is 18.0 Å². The van der Waals surface area contributed by atoms with Gasteiger partial charge in [0, 0.05) is 19.0 Å². The molecular formula is C28H33F3N4O2. The first kappa shape index (κ1) is 25.7. The van der Waals surface area contributed by atoms with E-state index in [2.05, 4.69) is 22.2 Å². The van der Waals surface area contributed by atoms with Crippen molar-refractivity contribution in [2.24, 2.45) is 5.73 Å². The van der Waals surface area contributed by atoms with Gasteiger partial charge in [0.15, 0.2) is 5.82 Å². The summed E-state index contributed by atoms with van der Waals surface area (Å²) in [4.78, 5) is 7.01. The second kappa shape index (κ2) is 10.5. The second-order valence-electron chi connectivity index (χ2n) is 10.3. The molecule has 0 radical (unpaired) electrons. The van der Waals surface area contributed by atoms with Crippen LogP contribution in [0, 0.1) is 0 Å². The van der Waals surface area contributed by atoms with Crippen LogP contribution in [0.3, 0.4) is 0 Å². The predicted octanol–water partition coefficient (Wildman–Crippen LogP) is 5.32. The molecule has 0 amide bonds. The quantitative estimate of drug-likeness (QED) is 0.439. The van der Waals surface area contributed by atoms with Gasteiger partial charge in [-0.3, -0.25) is 0 Å². The van der Waals surface area contributed by atoms with Gasteiger partial charge in [-0.15, -0.1) is 0 Å². The highest BCUT2D eigenvalue weighted by atomic mass is 19.4. The molecule has 1 aromatic heterocycles. The molecule has 5 rings (SSSR count). The molecule has 1 atom stereocenters. The summed E-state index contributed by atoms with van der Waals surface area (Å²) in [5.41, 5.74) is 7.58. The monoisotopic (exact) mass is 514 g/mol. The SMILES string of the molecule is COc1ccc(C2(c3noc(CC(N)CN4CCC(c5cccc(C(F)(F)F)c5)CC4)n3)CCC2)cc1. The van der Waals surface area contributed by atoms with E-state index in [0.29, 0.717) is 24.7 Å². The van der Waals surface area contributed by atoms with Crippen molar-refractivity contribution in [1.29, 1.82) is 0 Å². The predicted molar refractivity (Wildman–Crippen MR) is 133 cm³/mol. The van der Waals surface area contributed by atoms with Crippen LogP contribution >= 0.6 is 0 Å². The zero-order valence-corrected chi connectivity index (χ0v) is 21.0. The second-order valence-corrected chi connectivity index (χ2v) is 10.3. The largest absolute Gasteiger partial charge is 0.497 e. The Labute approximate surface area is 215 Å². The van der Waals surface area contributed by atoms with Gasteiger partial charge in [-0.2, -0.15) is 18.2 Å². The lowest BCUT2D eigenvalue weighted by Gasteiger charge is -2.39. The van der Waals surface area contributed by atoms with Crippen molar-refractivity contribution < 1.29 is 22.4 Å². The lowest BCUT2D eigenvalue weighted by atomic mass is 9.64. The van der Waals surface area contributed by atoms with Crippen LogP contribution in [0.4, 0.5) is 13.2 Å². The molecule has 2 N–H and O–H groups in total. The van der Waals surface area contributed by atoms with E-state index < -0.39 is 11.7 Å². The van der Waals surface area contributed by atoms with Gasteiger partial charge in [-0.1, -0.05) is 41.9 Å². The van der Waals surface area contributed by atoms with Crippen molar-refractivity contribution in [2.45, 2.75) is 62.1 Å². The van der Waals surface area contributed by atoms with E-state index in [1.807, 2.05) is 12.1 Å². The number of benzene rings is 2. The molecule has 9 heteroatoms. The van der Waals surface area contributed by atoms with Gasteiger partial charge < -0.3 is 19.9 Å². The Morgan fingerprint density at radius 3 is 2.49 bits per heavy atom. The Morgan fingerprint density at radius 1 is 1.14 bits per heavy atom. The van der Waals surface area contributed by atoms with Crippen molar-refractivity contribution in [3.05, 3.63) is 76.9 Å². The first-order valence-corrected chi connectivity index (χ1v) is 12.9. The number of nitrogens with two attached hydrogens (primary N) is 1. The van der Waals surface area contributed by atoms with Crippen molar-refractivity contribution in [2.75, 3.05) is 26.7 Å². The minimum absolute atomic E-state index is 0.130. The summed E-state index contributed by atoms with van der Waals surface area (Å²) in [5, 5.41) is 4.33. The molecule has 2 aromatic carbocycles. The minimum Gasteiger partial charge on any atom is -0.497 e. The fraction of sp³-hybridized carbons (Fsp3) is 0.500. The maximum atomic E-state index is 13.1. The van der Waals surface area contributed by atoms with Gasteiger partial charge in [-0.05, 0) is 74.0 Å². The van der Waals surface area contributed by atoms with Crippen LogP contribution < -0.4 is 10.5 Å². The van der Waals surface area contributed by atoms with E-state index in [0.717, 1.165) is 62.6 Å². The van der Waals surface area contributed by atoms with E-state index in [-0.39, 0.29) is 17.4 Å². The van der Waals surface area contributed by atoms with E-state index in [9.17, 15) is 13.2 Å². The average molecular weight is 515 g/mol. The number of rotatable bonds is 8. The Morgan fingerprint density at radius 2 is 1.86 bits per heavy atom. The zero-order chi connectivity index (χ0) is 26.0. The lowest BCUT2D eigenvalue weighted by molar-refractivity contribution is -0.137. The molecule has 2 aliphatic rings. The van der Waals surface area contributed by atoms with E-state index in [1.165, 1.54) is 17.7 Å². The van der Waals surface area contributed by atoms with Gasteiger partial charge in [-0.25, -0.2) is 0 Å². The average Bonchev–Trinajstić information content (AvgIpc) is 3.32. The molecule has 37 heavy (non-hydrogen) atoms. The molecule has 0 spiro atoms. The maximum Gasteiger partial charge on any atom is 0.416 e. The van der Waals surface area contributed by atoms with Gasteiger partial charge in [0.2, 0.25) is 5.89 Å². The normalized spacial score (nSPS) is 19.4. The summed E-state index contributed by atoms with van der Waals surface area (Å²) in [6.45, 7) is 2.27. The highest BCUT2D eigenvalue weighted by Crippen LogP contribution is 2.48. The standard InChI is InChI=1S/C28H33F3N4O2/c1-36-24-8-6-21(7-9-24)27(12-3-13-27)26-33-25(37-34-26)17-23(32)18-35-14-10-19(11-15-35)20-4-2-5-22(16-20)28(29,30)31/h2,4-9,16,19,23H,3,10-15,17-18,32H2,1H3.